The molecule has 0 saturated carbocycles. The Labute approximate surface area is 133 Å². The molecule has 0 heterocycles. The van der Waals surface area contributed by atoms with Crippen LogP contribution in [0.25, 0.3) is 0 Å². The first-order valence-corrected chi connectivity index (χ1v) is 9.68. The van der Waals surface area contributed by atoms with Gasteiger partial charge >= 0.3 is 0 Å². The van der Waals surface area contributed by atoms with Crippen molar-refractivity contribution < 1.29 is 0 Å². The highest BCUT2D eigenvalue weighted by atomic mass is 79.9. The summed E-state index contributed by atoms with van der Waals surface area (Å²) >= 11 is 9.03. The van der Waals surface area contributed by atoms with Gasteiger partial charge in [0.1, 0.15) is 0 Å². The van der Waals surface area contributed by atoms with Crippen molar-refractivity contribution in [1.82, 2.24) is 0 Å². The average Bonchev–Trinajstić information content (AvgIpc) is 2.39. The maximum absolute atomic E-state index is 3.59. The lowest BCUT2D eigenvalue weighted by molar-refractivity contribution is 0.606. The lowest BCUT2D eigenvalue weighted by atomic mass is 10.1. The van der Waals surface area contributed by atoms with Crippen molar-refractivity contribution in [3.8, 4) is 0 Å². The number of unbranched alkanes of at least 4 members (excludes halogenated alkanes) is 6. The number of thioether (sulfide) groups is 1. The van der Waals surface area contributed by atoms with Crippen molar-refractivity contribution in [3.05, 3.63) is 28.7 Å². The van der Waals surface area contributed by atoms with E-state index in [4.69, 9.17) is 0 Å². The van der Waals surface area contributed by atoms with Crippen LogP contribution in [0.2, 0.25) is 0 Å². The first kappa shape index (κ1) is 16.6. The van der Waals surface area contributed by atoms with Gasteiger partial charge < -0.3 is 0 Å². The molecule has 3 heteroatoms. The highest BCUT2D eigenvalue weighted by Gasteiger charge is 1.98. The normalized spacial score (nSPS) is 10.8. The number of alkyl halides is 1. The van der Waals surface area contributed by atoms with Gasteiger partial charge in [-0.25, -0.2) is 0 Å². The minimum atomic E-state index is 1.16. The van der Waals surface area contributed by atoms with Gasteiger partial charge in [-0.1, -0.05) is 60.2 Å². The van der Waals surface area contributed by atoms with Gasteiger partial charge in [0, 0.05) is 14.7 Å². The van der Waals surface area contributed by atoms with E-state index < -0.39 is 0 Å². The van der Waals surface area contributed by atoms with Gasteiger partial charge in [0.25, 0.3) is 0 Å². The highest BCUT2D eigenvalue weighted by molar-refractivity contribution is 9.10. The molecule has 0 saturated heterocycles. The number of rotatable bonds is 10. The summed E-state index contributed by atoms with van der Waals surface area (Å²) in [7, 11) is 0. The molecule has 0 nitrogen and oxygen atoms in total. The highest BCUT2D eigenvalue weighted by Crippen LogP contribution is 2.27. The molecule has 1 aromatic rings. The number of benzene rings is 1. The van der Waals surface area contributed by atoms with Crippen LogP contribution in [0.3, 0.4) is 0 Å². The molecule has 0 aliphatic heterocycles. The lowest BCUT2D eigenvalue weighted by Crippen LogP contribution is -1.84. The predicted octanol–water partition coefficient (Wildman–Crippen LogP) is 6.67. The van der Waals surface area contributed by atoms with Crippen molar-refractivity contribution in [2.45, 2.75) is 49.8 Å². The Morgan fingerprint density at radius 3 is 2.11 bits per heavy atom. The molecule has 0 spiro atoms. The van der Waals surface area contributed by atoms with Crippen LogP contribution in [0.5, 0.6) is 0 Å². The van der Waals surface area contributed by atoms with E-state index in [1.54, 1.807) is 0 Å². The number of halogens is 2. The third-order valence-corrected chi connectivity index (χ3v) is 5.55. The largest absolute Gasteiger partial charge is 0.125 e. The van der Waals surface area contributed by atoms with E-state index in [9.17, 15) is 0 Å². The van der Waals surface area contributed by atoms with Crippen LogP contribution in [-0.2, 0) is 0 Å². The number of hydrogen-bond donors (Lipinski definition) is 0. The van der Waals surface area contributed by atoms with Crippen LogP contribution in [0.1, 0.15) is 44.9 Å². The van der Waals surface area contributed by atoms with Crippen molar-refractivity contribution in [3.63, 3.8) is 0 Å². The van der Waals surface area contributed by atoms with E-state index >= 15 is 0 Å². The fourth-order valence-electron chi connectivity index (χ4n) is 1.82. The number of hydrogen-bond acceptors (Lipinski definition) is 1. The maximum atomic E-state index is 3.59. The van der Waals surface area contributed by atoms with Gasteiger partial charge in [-0.05, 0) is 46.7 Å². The Kier molecular flexibility index (Phi) is 10.5. The SMILES string of the molecule is BrCCCCCCCCCSc1ccccc1Br. The monoisotopic (exact) mass is 392 g/mol. The van der Waals surface area contributed by atoms with E-state index in [1.807, 2.05) is 11.8 Å². The predicted molar refractivity (Wildman–Crippen MR) is 91.0 cm³/mol. The molecule has 0 unspecified atom stereocenters. The second-order valence-corrected chi connectivity index (χ2v) is 7.23. The average molecular weight is 394 g/mol. The van der Waals surface area contributed by atoms with Crippen molar-refractivity contribution >= 4 is 43.6 Å². The molecular formula is C15H22Br2S. The molecule has 0 atom stereocenters. The Morgan fingerprint density at radius 2 is 1.44 bits per heavy atom. The molecule has 102 valence electrons. The van der Waals surface area contributed by atoms with E-state index in [1.165, 1.54) is 60.1 Å². The van der Waals surface area contributed by atoms with Crippen LogP contribution in [0.4, 0.5) is 0 Å². The standard InChI is InChI=1S/C15H22Br2S/c16-12-8-4-2-1-3-5-9-13-18-15-11-7-6-10-14(15)17/h6-7,10-11H,1-5,8-9,12-13H2. The zero-order valence-corrected chi connectivity index (χ0v) is 14.8. The van der Waals surface area contributed by atoms with Crippen molar-refractivity contribution in [1.29, 1.82) is 0 Å². The molecule has 0 aromatic heterocycles. The first-order valence-electron chi connectivity index (χ1n) is 6.78. The third kappa shape index (κ3) is 7.85. The van der Waals surface area contributed by atoms with E-state index in [0.717, 1.165) is 5.33 Å². The fraction of sp³-hybridized carbons (Fsp3) is 0.600. The zero-order valence-electron chi connectivity index (χ0n) is 10.8. The Bertz CT molecular complexity index is 315. The van der Waals surface area contributed by atoms with Crippen LogP contribution in [0.15, 0.2) is 33.6 Å². The molecule has 0 radical (unpaired) electrons. The summed E-state index contributed by atoms with van der Waals surface area (Å²) in [5.74, 6) is 1.24. The Balaban J connectivity index is 1.94. The topological polar surface area (TPSA) is 0 Å². The van der Waals surface area contributed by atoms with Gasteiger partial charge in [0.2, 0.25) is 0 Å². The minimum Gasteiger partial charge on any atom is -0.125 e. The quantitative estimate of drug-likeness (QED) is 0.243. The van der Waals surface area contributed by atoms with Crippen LogP contribution < -0.4 is 0 Å². The third-order valence-electron chi connectivity index (χ3n) is 2.87. The maximum Gasteiger partial charge on any atom is 0.0311 e. The molecular weight excluding hydrogens is 372 g/mol. The Morgan fingerprint density at radius 1 is 0.833 bits per heavy atom. The summed E-state index contributed by atoms with van der Waals surface area (Å²) in [6, 6.07) is 8.49. The van der Waals surface area contributed by atoms with Crippen LogP contribution in [0, 0.1) is 0 Å². The summed E-state index contributed by atoms with van der Waals surface area (Å²) in [5, 5.41) is 1.16. The smallest absolute Gasteiger partial charge is 0.0311 e. The summed E-state index contributed by atoms with van der Waals surface area (Å²) in [6.07, 6.45) is 9.65. The summed E-state index contributed by atoms with van der Waals surface area (Å²) in [4.78, 5) is 1.37. The van der Waals surface area contributed by atoms with Gasteiger partial charge in [0.15, 0.2) is 0 Å². The van der Waals surface area contributed by atoms with E-state index in [2.05, 4.69) is 56.1 Å². The fourth-order valence-corrected chi connectivity index (χ4v) is 3.80. The van der Waals surface area contributed by atoms with Crippen LogP contribution >= 0.6 is 43.6 Å². The molecule has 0 fully saturated rings. The summed E-state index contributed by atoms with van der Waals surface area (Å²) < 4.78 is 1.23. The molecule has 0 N–H and O–H groups in total. The molecule has 1 rings (SSSR count). The van der Waals surface area contributed by atoms with E-state index in [-0.39, 0.29) is 0 Å². The molecule has 0 amide bonds. The van der Waals surface area contributed by atoms with Crippen molar-refractivity contribution in [2.75, 3.05) is 11.1 Å². The van der Waals surface area contributed by atoms with Gasteiger partial charge in [-0.2, -0.15) is 0 Å². The zero-order chi connectivity index (χ0) is 13.1. The Hall–Kier alpha value is 0.530. The first-order chi connectivity index (χ1) is 8.84. The molecule has 18 heavy (non-hydrogen) atoms. The van der Waals surface area contributed by atoms with Crippen molar-refractivity contribution in [2.24, 2.45) is 0 Å². The minimum absolute atomic E-state index is 1.16. The van der Waals surface area contributed by atoms with E-state index in [0.29, 0.717) is 0 Å². The second-order valence-electron chi connectivity index (χ2n) is 4.44. The summed E-state index contributed by atoms with van der Waals surface area (Å²) in [6.45, 7) is 0. The lowest BCUT2D eigenvalue weighted by Gasteiger charge is -2.04. The van der Waals surface area contributed by atoms with Gasteiger partial charge in [0.05, 0.1) is 0 Å². The molecule has 1 aromatic carbocycles. The van der Waals surface area contributed by atoms with Gasteiger partial charge in [-0.3, -0.25) is 0 Å². The van der Waals surface area contributed by atoms with Gasteiger partial charge in [-0.15, -0.1) is 11.8 Å². The summed E-state index contributed by atoms with van der Waals surface area (Å²) in [5.41, 5.74) is 0. The van der Waals surface area contributed by atoms with Crippen LogP contribution in [-0.4, -0.2) is 11.1 Å². The molecule has 0 aliphatic carbocycles. The second kappa shape index (κ2) is 11.4. The molecule has 0 bridgehead atoms. The molecule has 0 aliphatic rings.